The Kier molecular flexibility index (Phi) is 6.95. The molecule has 31 heavy (non-hydrogen) atoms. The summed E-state index contributed by atoms with van der Waals surface area (Å²) in [5.74, 6) is -0.304. The van der Waals surface area contributed by atoms with Crippen LogP contribution in [0.2, 0.25) is 0 Å². The Morgan fingerprint density at radius 3 is 2.16 bits per heavy atom. The summed E-state index contributed by atoms with van der Waals surface area (Å²) in [4.78, 5) is 38.9. The van der Waals surface area contributed by atoms with E-state index in [9.17, 15) is 14.4 Å². The number of anilines is 3. The molecule has 7 heteroatoms. The third-order valence-electron chi connectivity index (χ3n) is 5.04. The molecule has 0 spiro atoms. The van der Waals surface area contributed by atoms with Crippen LogP contribution in [-0.4, -0.2) is 42.3 Å². The summed E-state index contributed by atoms with van der Waals surface area (Å²) in [5.41, 5.74) is 2.06. The van der Waals surface area contributed by atoms with E-state index in [0.717, 1.165) is 31.6 Å². The molecule has 0 atom stereocenters. The molecule has 0 saturated carbocycles. The van der Waals surface area contributed by atoms with Gasteiger partial charge >= 0.3 is 0 Å². The number of benzene rings is 2. The molecule has 0 aromatic heterocycles. The minimum Gasteiger partial charge on any atom is -0.376 e. The van der Waals surface area contributed by atoms with Crippen molar-refractivity contribution in [2.75, 3.05) is 35.6 Å². The second-order valence-electron chi connectivity index (χ2n) is 8.77. The first-order valence-electron chi connectivity index (χ1n) is 10.6. The van der Waals surface area contributed by atoms with E-state index >= 15 is 0 Å². The van der Waals surface area contributed by atoms with Crippen LogP contribution in [0.25, 0.3) is 0 Å². The molecule has 3 N–H and O–H groups in total. The first-order chi connectivity index (χ1) is 14.7. The van der Waals surface area contributed by atoms with Crippen LogP contribution in [-0.2, 0) is 9.59 Å². The molecular weight excluding hydrogens is 392 g/mol. The molecule has 1 heterocycles. The first-order valence-corrected chi connectivity index (χ1v) is 10.6. The van der Waals surface area contributed by atoms with Crippen molar-refractivity contribution in [3.63, 3.8) is 0 Å². The van der Waals surface area contributed by atoms with Gasteiger partial charge in [-0.1, -0.05) is 32.9 Å². The molecule has 164 valence electrons. The molecule has 1 saturated heterocycles. The summed E-state index contributed by atoms with van der Waals surface area (Å²) in [6.07, 6.45) is 2.07. The molecule has 2 aromatic carbocycles. The van der Waals surface area contributed by atoms with Crippen molar-refractivity contribution in [2.24, 2.45) is 5.41 Å². The highest BCUT2D eigenvalue weighted by Crippen LogP contribution is 2.20. The van der Waals surface area contributed by atoms with E-state index < -0.39 is 5.41 Å². The Bertz CT molecular complexity index is 959. The number of carbonyl (C=O) groups is 3. The van der Waals surface area contributed by atoms with Crippen molar-refractivity contribution in [3.8, 4) is 0 Å². The van der Waals surface area contributed by atoms with Gasteiger partial charge in [-0.25, -0.2) is 0 Å². The van der Waals surface area contributed by atoms with E-state index in [-0.39, 0.29) is 24.3 Å². The van der Waals surface area contributed by atoms with Gasteiger partial charge in [0.25, 0.3) is 5.91 Å². The Balaban J connectivity index is 1.55. The molecule has 0 aliphatic carbocycles. The Morgan fingerprint density at radius 1 is 0.871 bits per heavy atom. The minimum atomic E-state index is -0.492. The lowest BCUT2D eigenvalue weighted by atomic mass is 9.95. The van der Waals surface area contributed by atoms with Crippen LogP contribution in [0, 0.1) is 5.41 Å². The number of rotatable bonds is 6. The molecule has 1 aliphatic rings. The highest BCUT2D eigenvalue weighted by Gasteiger charge is 2.21. The van der Waals surface area contributed by atoms with Crippen molar-refractivity contribution in [1.82, 2.24) is 4.90 Å². The number of nitrogens with zero attached hydrogens (tertiary/aromatic N) is 1. The molecule has 2 aromatic rings. The molecule has 0 bridgehead atoms. The molecule has 3 amide bonds. The summed E-state index contributed by atoms with van der Waals surface area (Å²) in [6.45, 7) is 7.18. The maximum Gasteiger partial charge on any atom is 0.253 e. The average Bonchev–Trinajstić information content (AvgIpc) is 3.26. The van der Waals surface area contributed by atoms with Crippen LogP contribution in [0.5, 0.6) is 0 Å². The normalized spacial score (nSPS) is 13.6. The van der Waals surface area contributed by atoms with Crippen LogP contribution in [0.4, 0.5) is 17.1 Å². The van der Waals surface area contributed by atoms with Gasteiger partial charge in [-0.15, -0.1) is 0 Å². The largest absolute Gasteiger partial charge is 0.376 e. The van der Waals surface area contributed by atoms with E-state index in [4.69, 9.17) is 0 Å². The lowest BCUT2D eigenvalue weighted by Gasteiger charge is -2.18. The Labute approximate surface area is 183 Å². The summed E-state index contributed by atoms with van der Waals surface area (Å²) < 4.78 is 0. The highest BCUT2D eigenvalue weighted by molar-refractivity contribution is 5.98. The summed E-state index contributed by atoms with van der Waals surface area (Å²) in [5, 5.41) is 8.76. The van der Waals surface area contributed by atoms with Crippen LogP contribution in [0.15, 0.2) is 48.5 Å². The maximum atomic E-state index is 12.5. The highest BCUT2D eigenvalue weighted by atomic mass is 16.2. The fourth-order valence-corrected chi connectivity index (χ4v) is 3.25. The van der Waals surface area contributed by atoms with Gasteiger partial charge in [-0.05, 0) is 49.2 Å². The van der Waals surface area contributed by atoms with Crippen molar-refractivity contribution in [3.05, 3.63) is 54.1 Å². The van der Waals surface area contributed by atoms with Gasteiger partial charge in [0, 0.05) is 41.1 Å². The van der Waals surface area contributed by atoms with E-state index in [2.05, 4.69) is 16.0 Å². The number of likely N-dealkylation sites (tertiary alicyclic amines) is 1. The first kappa shape index (κ1) is 22.3. The predicted octanol–water partition coefficient (Wildman–Crippen LogP) is 3.96. The van der Waals surface area contributed by atoms with Gasteiger partial charge in [-0.2, -0.15) is 0 Å². The van der Waals surface area contributed by atoms with Crippen molar-refractivity contribution in [1.29, 1.82) is 0 Å². The van der Waals surface area contributed by atoms with Crippen molar-refractivity contribution >= 4 is 34.8 Å². The van der Waals surface area contributed by atoms with Crippen LogP contribution < -0.4 is 16.0 Å². The topological polar surface area (TPSA) is 90.5 Å². The molecule has 0 radical (unpaired) electrons. The van der Waals surface area contributed by atoms with Gasteiger partial charge < -0.3 is 20.9 Å². The lowest BCUT2D eigenvalue weighted by molar-refractivity contribution is -0.123. The fourth-order valence-electron chi connectivity index (χ4n) is 3.25. The summed E-state index contributed by atoms with van der Waals surface area (Å²) in [7, 11) is 0. The number of amides is 3. The molecule has 7 nitrogen and oxygen atoms in total. The summed E-state index contributed by atoms with van der Waals surface area (Å²) in [6, 6.07) is 14.2. The summed E-state index contributed by atoms with van der Waals surface area (Å²) >= 11 is 0. The van der Waals surface area contributed by atoms with Crippen molar-refractivity contribution in [2.45, 2.75) is 33.6 Å². The van der Waals surface area contributed by atoms with Crippen LogP contribution >= 0.6 is 0 Å². The Morgan fingerprint density at radius 2 is 1.48 bits per heavy atom. The third-order valence-corrected chi connectivity index (χ3v) is 5.04. The number of carbonyl (C=O) groups excluding carboxylic acids is 3. The fraction of sp³-hybridized carbons (Fsp3) is 0.375. The second-order valence-corrected chi connectivity index (χ2v) is 8.77. The number of hydrogen-bond acceptors (Lipinski definition) is 4. The van der Waals surface area contributed by atoms with Crippen LogP contribution in [0.3, 0.4) is 0 Å². The van der Waals surface area contributed by atoms with Gasteiger partial charge in [-0.3, -0.25) is 14.4 Å². The van der Waals surface area contributed by atoms with Gasteiger partial charge in [0.05, 0.1) is 6.54 Å². The molecule has 0 unspecified atom stereocenters. The quantitative estimate of drug-likeness (QED) is 0.657. The number of nitrogens with one attached hydrogen (secondary N) is 3. The zero-order chi connectivity index (χ0) is 22.4. The zero-order valence-electron chi connectivity index (χ0n) is 18.3. The Hall–Kier alpha value is -3.35. The van der Waals surface area contributed by atoms with E-state index in [1.165, 1.54) is 0 Å². The third kappa shape index (κ3) is 6.31. The van der Waals surface area contributed by atoms with Gasteiger partial charge in [0.1, 0.15) is 0 Å². The molecule has 3 rings (SSSR count). The molecule has 1 fully saturated rings. The van der Waals surface area contributed by atoms with Crippen molar-refractivity contribution < 1.29 is 14.4 Å². The van der Waals surface area contributed by atoms with Gasteiger partial charge in [0.2, 0.25) is 11.8 Å². The second kappa shape index (κ2) is 9.64. The molecular formula is C24H30N4O3. The van der Waals surface area contributed by atoms with Gasteiger partial charge in [0.15, 0.2) is 0 Å². The predicted molar refractivity (Wildman–Crippen MR) is 123 cm³/mol. The van der Waals surface area contributed by atoms with Crippen LogP contribution in [0.1, 0.15) is 44.0 Å². The molecule has 1 aliphatic heterocycles. The maximum absolute atomic E-state index is 12.5. The standard InChI is InChI=1S/C24H30N4O3/c1-24(2,3)23(31)27-20-11-7-9-18(15-20)25-16-21(29)26-19-10-6-8-17(14-19)22(30)28-12-4-5-13-28/h6-11,14-15,25H,4-5,12-13,16H2,1-3H3,(H,26,29)(H,27,31). The average molecular weight is 423 g/mol. The lowest BCUT2D eigenvalue weighted by Crippen LogP contribution is -2.28. The monoisotopic (exact) mass is 422 g/mol. The van der Waals surface area contributed by atoms with E-state index in [1.807, 2.05) is 37.8 Å². The zero-order valence-corrected chi connectivity index (χ0v) is 18.3. The van der Waals surface area contributed by atoms with E-state index in [1.54, 1.807) is 36.4 Å². The number of hydrogen-bond donors (Lipinski definition) is 3. The minimum absolute atomic E-state index is 0.000780. The van der Waals surface area contributed by atoms with E-state index in [0.29, 0.717) is 16.9 Å². The smallest absolute Gasteiger partial charge is 0.253 e. The SMILES string of the molecule is CC(C)(C)C(=O)Nc1cccc(NCC(=O)Nc2cccc(C(=O)N3CCCC3)c2)c1.